The second-order valence-electron chi connectivity index (χ2n) is 8.77. The lowest BCUT2D eigenvalue weighted by Gasteiger charge is -2.41. The first-order valence-electron chi connectivity index (χ1n) is 11.2. The van der Waals surface area contributed by atoms with Crippen LogP contribution in [-0.4, -0.2) is 24.1 Å². The standard InChI is InChI=1S/C23H42O4/c1-6-7-8-9-10-11-13-16-23(22(25)27-19(4)5)17-14-12-15-20(23)21(24)26-18(2)3/h18-20H,6-17H2,1-5H3. The van der Waals surface area contributed by atoms with Gasteiger partial charge in [0, 0.05) is 0 Å². The van der Waals surface area contributed by atoms with E-state index in [4.69, 9.17) is 9.47 Å². The third-order valence-corrected chi connectivity index (χ3v) is 5.64. The van der Waals surface area contributed by atoms with Crippen LogP contribution in [0.5, 0.6) is 0 Å². The van der Waals surface area contributed by atoms with Crippen LogP contribution >= 0.6 is 0 Å². The molecule has 0 aliphatic heterocycles. The molecule has 1 fully saturated rings. The molecule has 2 unspecified atom stereocenters. The molecule has 0 aromatic heterocycles. The Labute approximate surface area is 166 Å². The van der Waals surface area contributed by atoms with Gasteiger partial charge in [0.15, 0.2) is 0 Å². The first-order valence-corrected chi connectivity index (χ1v) is 11.2. The van der Waals surface area contributed by atoms with Gasteiger partial charge in [-0.2, -0.15) is 0 Å². The lowest BCUT2D eigenvalue weighted by Crippen LogP contribution is -2.47. The molecule has 4 nitrogen and oxygen atoms in total. The predicted molar refractivity (Wildman–Crippen MR) is 109 cm³/mol. The molecule has 1 saturated carbocycles. The molecule has 2 atom stereocenters. The highest BCUT2D eigenvalue weighted by atomic mass is 16.6. The molecule has 0 N–H and O–H groups in total. The fraction of sp³-hybridized carbons (Fsp3) is 0.913. The lowest BCUT2D eigenvalue weighted by atomic mass is 9.63. The topological polar surface area (TPSA) is 52.6 Å². The van der Waals surface area contributed by atoms with Gasteiger partial charge < -0.3 is 9.47 Å². The van der Waals surface area contributed by atoms with Crippen molar-refractivity contribution in [2.24, 2.45) is 11.3 Å². The maximum absolute atomic E-state index is 13.1. The van der Waals surface area contributed by atoms with Gasteiger partial charge in [-0.3, -0.25) is 9.59 Å². The number of hydrogen-bond donors (Lipinski definition) is 0. The summed E-state index contributed by atoms with van der Waals surface area (Å²) in [7, 11) is 0. The van der Waals surface area contributed by atoms with E-state index >= 15 is 0 Å². The number of esters is 2. The van der Waals surface area contributed by atoms with Crippen LogP contribution in [0.1, 0.15) is 112 Å². The summed E-state index contributed by atoms with van der Waals surface area (Å²) < 4.78 is 11.2. The van der Waals surface area contributed by atoms with E-state index in [1.165, 1.54) is 32.1 Å². The number of hydrogen-bond acceptors (Lipinski definition) is 4. The molecule has 0 bridgehead atoms. The van der Waals surface area contributed by atoms with Crippen LogP contribution < -0.4 is 0 Å². The van der Waals surface area contributed by atoms with Crippen LogP contribution in [0.4, 0.5) is 0 Å². The van der Waals surface area contributed by atoms with Gasteiger partial charge in [0.05, 0.1) is 23.5 Å². The van der Waals surface area contributed by atoms with Crippen molar-refractivity contribution in [1.29, 1.82) is 0 Å². The van der Waals surface area contributed by atoms with E-state index in [2.05, 4.69) is 6.92 Å². The average molecular weight is 383 g/mol. The zero-order chi connectivity index (χ0) is 20.3. The monoisotopic (exact) mass is 382 g/mol. The summed E-state index contributed by atoms with van der Waals surface area (Å²) in [6.07, 6.45) is 12.3. The van der Waals surface area contributed by atoms with E-state index < -0.39 is 5.41 Å². The molecular weight excluding hydrogens is 340 g/mol. The Kier molecular flexibility index (Phi) is 11.0. The number of unbranched alkanes of at least 4 members (excludes halogenated alkanes) is 6. The molecule has 0 saturated heterocycles. The third-order valence-electron chi connectivity index (χ3n) is 5.64. The van der Waals surface area contributed by atoms with E-state index in [9.17, 15) is 9.59 Å². The van der Waals surface area contributed by atoms with Crippen LogP contribution in [0.3, 0.4) is 0 Å². The van der Waals surface area contributed by atoms with Gasteiger partial charge in [-0.25, -0.2) is 0 Å². The molecule has 0 aromatic rings. The fourth-order valence-electron chi connectivity index (χ4n) is 4.27. The van der Waals surface area contributed by atoms with Crippen molar-refractivity contribution in [2.45, 2.75) is 124 Å². The third kappa shape index (κ3) is 7.83. The summed E-state index contributed by atoms with van der Waals surface area (Å²) in [5.74, 6) is -0.762. The Morgan fingerprint density at radius 3 is 2.07 bits per heavy atom. The SMILES string of the molecule is CCCCCCCCCC1(C(=O)OC(C)C)CCCCC1C(=O)OC(C)C. The number of rotatable bonds is 12. The van der Waals surface area contributed by atoms with Crippen LogP contribution in [0.2, 0.25) is 0 Å². The van der Waals surface area contributed by atoms with Crippen molar-refractivity contribution >= 4 is 11.9 Å². The molecular formula is C23H42O4. The highest BCUT2D eigenvalue weighted by molar-refractivity contribution is 5.85. The Hall–Kier alpha value is -1.06. The van der Waals surface area contributed by atoms with Crippen molar-refractivity contribution in [3.8, 4) is 0 Å². The maximum Gasteiger partial charge on any atom is 0.313 e. The molecule has 0 amide bonds. The number of ether oxygens (including phenoxy) is 2. The second kappa shape index (κ2) is 12.4. The van der Waals surface area contributed by atoms with E-state index in [0.29, 0.717) is 0 Å². The first kappa shape index (κ1) is 24.0. The minimum Gasteiger partial charge on any atom is -0.463 e. The van der Waals surface area contributed by atoms with Gasteiger partial charge in [-0.05, 0) is 47.0 Å². The Morgan fingerprint density at radius 2 is 1.48 bits per heavy atom. The predicted octanol–water partition coefficient (Wildman–Crippen LogP) is 6.21. The van der Waals surface area contributed by atoms with Gasteiger partial charge in [-0.1, -0.05) is 64.7 Å². The highest BCUT2D eigenvalue weighted by Crippen LogP contribution is 2.47. The largest absolute Gasteiger partial charge is 0.463 e. The Bertz CT molecular complexity index is 444. The number of carbonyl (C=O) groups excluding carboxylic acids is 2. The van der Waals surface area contributed by atoms with Crippen molar-refractivity contribution in [3.05, 3.63) is 0 Å². The van der Waals surface area contributed by atoms with E-state index in [-0.39, 0.29) is 30.1 Å². The van der Waals surface area contributed by atoms with Crippen LogP contribution in [0.25, 0.3) is 0 Å². The van der Waals surface area contributed by atoms with Gasteiger partial charge in [0.1, 0.15) is 0 Å². The van der Waals surface area contributed by atoms with E-state index in [1.54, 1.807) is 0 Å². The molecule has 0 aromatic carbocycles. The molecule has 0 radical (unpaired) electrons. The summed E-state index contributed by atoms with van der Waals surface area (Å²) >= 11 is 0. The lowest BCUT2D eigenvalue weighted by molar-refractivity contribution is -0.178. The summed E-state index contributed by atoms with van der Waals surface area (Å²) in [6.45, 7) is 9.72. The van der Waals surface area contributed by atoms with Crippen LogP contribution in [0, 0.1) is 11.3 Å². The molecule has 1 aliphatic carbocycles. The molecule has 158 valence electrons. The molecule has 1 aliphatic rings. The molecule has 0 spiro atoms. The van der Waals surface area contributed by atoms with Crippen molar-refractivity contribution in [1.82, 2.24) is 0 Å². The number of carbonyl (C=O) groups is 2. The Morgan fingerprint density at radius 1 is 0.889 bits per heavy atom. The smallest absolute Gasteiger partial charge is 0.313 e. The summed E-state index contributed by atoms with van der Waals surface area (Å²) in [4.78, 5) is 25.9. The molecule has 27 heavy (non-hydrogen) atoms. The van der Waals surface area contributed by atoms with Gasteiger partial charge in [-0.15, -0.1) is 0 Å². The van der Waals surface area contributed by atoms with Crippen molar-refractivity contribution in [3.63, 3.8) is 0 Å². The summed E-state index contributed by atoms with van der Waals surface area (Å²) in [5, 5.41) is 0. The minimum atomic E-state index is -0.697. The molecule has 4 heteroatoms. The van der Waals surface area contributed by atoms with Crippen molar-refractivity contribution < 1.29 is 19.1 Å². The van der Waals surface area contributed by atoms with E-state index in [0.717, 1.165) is 44.9 Å². The van der Waals surface area contributed by atoms with E-state index in [1.807, 2.05) is 27.7 Å². The zero-order valence-electron chi connectivity index (χ0n) is 18.4. The first-order chi connectivity index (χ1) is 12.8. The van der Waals surface area contributed by atoms with Crippen molar-refractivity contribution in [2.75, 3.05) is 0 Å². The summed E-state index contributed by atoms with van der Waals surface area (Å²) in [6, 6.07) is 0. The fourth-order valence-corrected chi connectivity index (χ4v) is 4.27. The Balaban J connectivity index is 2.81. The normalized spacial score (nSPS) is 22.9. The van der Waals surface area contributed by atoms with Gasteiger partial charge >= 0.3 is 11.9 Å². The van der Waals surface area contributed by atoms with Gasteiger partial charge in [0.2, 0.25) is 0 Å². The highest BCUT2D eigenvalue weighted by Gasteiger charge is 2.52. The minimum absolute atomic E-state index is 0.156. The van der Waals surface area contributed by atoms with Gasteiger partial charge in [0.25, 0.3) is 0 Å². The van der Waals surface area contributed by atoms with Crippen LogP contribution in [-0.2, 0) is 19.1 Å². The molecule has 1 rings (SSSR count). The quantitative estimate of drug-likeness (QED) is 0.297. The molecule has 0 heterocycles. The average Bonchev–Trinajstić information content (AvgIpc) is 2.60. The van der Waals surface area contributed by atoms with Crippen LogP contribution in [0.15, 0.2) is 0 Å². The maximum atomic E-state index is 13.1. The second-order valence-corrected chi connectivity index (χ2v) is 8.77. The summed E-state index contributed by atoms with van der Waals surface area (Å²) in [5.41, 5.74) is -0.697. The zero-order valence-corrected chi connectivity index (χ0v) is 18.4.